The minimum atomic E-state index is 0. The Morgan fingerprint density at radius 3 is 2.42 bits per heavy atom. The number of benzene rings is 2. The summed E-state index contributed by atoms with van der Waals surface area (Å²) in [6, 6.07) is 19.3. The second-order valence-corrected chi connectivity index (χ2v) is 6.57. The van der Waals surface area contributed by atoms with Crippen molar-refractivity contribution in [3.8, 4) is 0 Å². The Bertz CT molecular complexity index is 675. The van der Waals surface area contributed by atoms with Gasteiger partial charge in [-0.15, -0.1) is 12.4 Å². The Labute approximate surface area is 156 Å². The highest BCUT2D eigenvalue weighted by Crippen LogP contribution is 2.37. The molecule has 2 aromatic rings. The Morgan fingerprint density at radius 1 is 1.04 bits per heavy atom. The summed E-state index contributed by atoms with van der Waals surface area (Å²) in [4.78, 5) is 4.53. The molecular formula is C19H24ClN3S. The van der Waals surface area contributed by atoms with Crippen LogP contribution in [0, 0.1) is 0 Å². The van der Waals surface area contributed by atoms with Crippen molar-refractivity contribution >= 4 is 35.4 Å². The summed E-state index contributed by atoms with van der Waals surface area (Å²) < 4.78 is 0. The number of fused-ring (bicyclic) bond motifs is 1. The van der Waals surface area contributed by atoms with E-state index in [2.05, 4.69) is 83.8 Å². The zero-order valence-corrected chi connectivity index (χ0v) is 15.7. The van der Waals surface area contributed by atoms with E-state index in [1.165, 1.54) is 11.1 Å². The molecule has 1 atom stereocenters. The molecule has 1 N–H and O–H groups in total. The average Bonchev–Trinajstić information content (AvgIpc) is 2.55. The van der Waals surface area contributed by atoms with Gasteiger partial charge in [-0.2, -0.15) is 0 Å². The molecule has 1 aliphatic heterocycles. The highest BCUT2D eigenvalue weighted by Gasteiger charge is 2.30. The maximum Gasteiger partial charge on any atom is 0.174 e. The zero-order chi connectivity index (χ0) is 16.2. The number of rotatable bonds is 5. The molecule has 0 saturated heterocycles. The second kappa shape index (κ2) is 8.47. The van der Waals surface area contributed by atoms with E-state index in [4.69, 9.17) is 12.2 Å². The minimum Gasteiger partial charge on any atom is -0.338 e. The monoisotopic (exact) mass is 361 g/mol. The summed E-state index contributed by atoms with van der Waals surface area (Å²) in [5.74, 6) is 0. The van der Waals surface area contributed by atoms with Gasteiger partial charge in [0, 0.05) is 17.8 Å². The third-order valence-corrected chi connectivity index (χ3v) is 4.53. The van der Waals surface area contributed by atoms with E-state index in [9.17, 15) is 0 Å². The number of nitrogens with zero attached hydrogens (tertiary/aromatic N) is 2. The highest BCUT2D eigenvalue weighted by atomic mass is 35.5. The van der Waals surface area contributed by atoms with Gasteiger partial charge in [-0.3, -0.25) is 0 Å². The third kappa shape index (κ3) is 4.07. The van der Waals surface area contributed by atoms with Crippen LogP contribution in [-0.2, 0) is 0 Å². The largest absolute Gasteiger partial charge is 0.338 e. The second-order valence-electron chi connectivity index (χ2n) is 6.18. The van der Waals surface area contributed by atoms with Crippen LogP contribution in [0.1, 0.15) is 23.6 Å². The Balaban J connectivity index is 0.00000208. The van der Waals surface area contributed by atoms with Gasteiger partial charge in [0.1, 0.15) is 0 Å². The molecule has 3 rings (SSSR count). The van der Waals surface area contributed by atoms with Crippen LogP contribution in [0.2, 0.25) is 0 Å². The zero-order valence-electron chi connectivity index (χ0n) is 14.1. The van der Waals surface area contributed by atoms with Gasteiger partial charge < -0.3 is 15.1 Å². The molecule has 0 amide bonds. The summed E-state index contributed by atoms with van der Waals surface area (Å²) in [5, 5.41) is 4.21. The van der Waals surface area contributed by atoms with Gasteiger partial charge in [0.2, 0.25) is 0 Å². The molecule has 0 aromatic heterocycles. The van der Waals surface area contributed by atoms with Crippen molar-refractivity contribution in [2.24, 2.45) is 0 Å². The van der Waals surface area contributed by atoms with Crippen molar-refractivity contribution in [1.29, 1.82) is 0 Å². The molecule has 24 heavy (non-hydrogen) atoms. The first kappa shape index (κ1) is 18.7. The molecule has 0 saturated carbocycles. The molecular weight excluding hydrogens is 338 g/mol. The summed E-state index contributed by atoms with van der Waals surface area (Å²) in [6.07, 6.45) is 1.08. The van der Waals surface area contributed by atoms with Crippen LogP contribution in [-0.4, -0.2) is 42.1 Å². The number of hydrogen-bond acceptors (Lipinski definition) is 2. The fourth-order valence-corrected chi connectivity index (χ4v) is 3.41. The average molecular weight is 362 g/mol. The number of halogens is 1. The van der Waals surface area contributed by atoms with Crippen LogP contribution in [0.25, 0.3) is 0 Å². The SMILES string of the molecule is CN(C)CCCN1C(=S)Nc2ccccc2C1c1ccccc1.Cl. The molecule has 128 valence electrons. The topological polar surface area (TPSA) is 18.5 Å². The first-order valence-electron chi connectivity index (χ1n) is 8.03. The lowest BCUT2D eigenvalue weighted by molar-refractivity contribution is 0.316. The van der Waals surface area contributed by atoms with Crippen molar-refractivity contribution in [3.63, 3.8) is 0 Å². The quantitative estimate of drug-likeness (QED) is 0.805. The minimum absolute atomic E-state index is 0. The predicted molar refractivity (Wildman–Crippen MR) is 108 cm³/mol. The van der Waals surface area contributed by atoms with Crippen molar-refractivity contribution in [3.05, 3.63) is 65.7 Å². The molecule has 0 fully saturated rings. The van der Waals surface area contributed by atoms with E-state index in [0.29, 0.717) is 0 Å². The molecule has 0 radical (unpaired) electrons. The molecule has 0 bridgehead atoms. The molecule has 1 unspecified atom stereocenters. The molecule has 3 nitrogen and oxygen atoms in total. The molecule has 1 aliphatic rings. The van der Waals surface area contributed by atoms with Crippen molar-refractivity contribution < 1.29 is 0 Å². The lowest BCUT2D eigenvalue weighted by atomic mass is 9.94. The molecule has 0 spiro atoms. The van der Waals surface area contributed by atoms with E-state index < -0.39 is 0 Å². The Morgan fingerprint density at radius 2 is 1.71 bits per heavy atom. The Hall–Kier alpha value is -1.62. The Kier molecular flexibility index (Phi) is 6.60. The van der Waals surface area contributed by atoms with Gasteiger partial charge in [0.15, 0.2) is 5.11 Å². The maximum absolute atomic E-state index is 5.66. The van der Waals surface area contributed by atoms with E-state index in [-0.39, 0.29) is 18.4 Å². The fraction of sp³-hybridized carbons (Fsp3) is 0.316. The number of thiocarbonyl (C=S) groups is 1. The van der Waals surface area contributed by atoms with Crippen LogP contribution < -0.4 is 5.32 Å². The van der Waals surface area contributed by atoms with Gasteiger partial charge in [-0.05, 0) is 50.9 Å². The first-order valence-corrected chi connectivity index (χ1v) is 8.44. The molecule has 0 aliphatic carbocycles. The van der Waals surface area contributed by atoms with Crippen molar-refractivity contribution in [2.45, 2.75) is 12.5 Å². The van der Waals surface area contributed by atoms with E-state index >= 15 is 0 Å². The van der Waals surface area contributed by atoms with Crippen molar-refractivity contribution in [1.82, 2.24) is 9.80 Å². The van der Waals surface area contributed by atoms with Crippen LogP contribution in [0.3, 0.4) is 0 Å². The fourth-order valence-electron chi connectivity index (χ4n) is 3.10. The molecule has 2 aromatic carbocycles. The standard InChI is InChI=1S/C19H23N3S.ClH/c1-21(2)13-8-14-22-18(15-9-4-3-5-10-15)16-11-6-7-12-17(16)20-19(22)23;/h3-7,9-12,18H,8,13-14H2,1-2H3,(H,20,23);1H. The summed E-state index contributed by atoms with van der Waals surface area (Å²) >= 11 is 5.66. The summed E-state index contributed by atoms with van der Waals surface area (Å²) in [7, 11) is 4.22. The van der Waals surface area contributed by atoms with Crippen molar-refractivity contribution in [2.75, 3.05) is 32.5 Å². The number of nitrogens with one attached hydrogen (secondary N) is 1. The predicted octanol–water partition coefficient (Wildman–Crippen LogP) is 4.16. The first-order chi connectivity index (χ1) is 11.2. The molecule has 5 heteroatoms. The summed E-state index contributed by atoms with van der Waals surface area (Å²) in [5.41, 5.74) is 3.70. The highest BCUT2D eigenvalue weighted by molar-refractivity contribution is 7.80. The van der Waals surface area contributed by atoms with E-state index in [0.717, 1.165) is 30.3 Å². The van der Waals surface area contributed by atoms with Crippen LogP contribution in [0.15, 0.2) is 54.6 Å². The van der Waals surface area contributed by atoms with E-state index in [1.54, 1.807) is 0 Å². The smallest absolute Gasteiger partial charge is 0.174 e. The summed E-state index contributed by atoms with van der Waals surface area (Å²) in [6.45, 7) is 2.00. The van der Waals surface area contributed by atoms with Gasteiger partial charge in [-0.25, -0.2) is 0 Å². The number of para-hydroxylation sites is 1. The van der Waals surface area contributed by atoms with Gasteiger partial charge >= 0.3 is 0 Å². The number of anilines is 1. The van der Waals surface area contributed by atoms with Gasteiger partial charge in [0.25, 0.3) is 0 Å². The van der Waals surface area contributed by atoms with Crippen LogP contribution >= 0.6 is 24.6 Å². The van der Waals surface area contributed by atoms with Crippen LogP contribution in [0.4, 0.5) is 5.69 Å². The lowest BCUT2D eigenvalue weighted by Gasteiger charge is -2.40. The normalized spacial score (nSPS) is 16.4. The van der Waals surface area contributed by atoms with E-state index in [1.807, 2.05) is 0 Å². The van der Waals surface area contributed by atoms with Gasteiger partial charge in [0.05, 0.1) is 6.04 Å². The number of hydrogen-bond donors (Lipinski definition) is 1. The maximum atomic E-state index is 5.66. The van der Waals surface area contributed by atoms with Crippen LogP contribution in [0.5, 0.6) is 0 Å². The van der Waals surface area contributed by atoms with Gasteiger partial charge in [-0.1, -0.05) is 48.5 Å². The molecule has 1 heterocycles. The lowest BCUT2D eigenvalue weighted by Crippen LogP contribution is -2.43. The third-order valence-electron chi connectivity index (χ3n) is 4.19.